The van der Waals surface area contributed by atoms with Crippen LogP contribution in [0.2, 0.25) is 0 Å². The Bertz CT molecular complexity index is 421. The van der Waals surface area contributed by atoms with Crippen molar-refractivity contribution in [3.8, 4) is 5.75 Å². The minimum Gasteiger partial charge on any atom is -0.410 e. The third kappa shape index (κ3) is 2.08. The maximum atomic E-state index is 12.2. The van der Waals surface area contributed by atoms with Gasteiger partial charge in [-0.05, 0) is 37.8 Å². The number of fused-ring (bicyclic) bond motifs is 2. The fourth-order valence-corrected chi connectivity index (χ4v) is 3.16. The molecule has 4 nitrogen and oxygen atoms in total. The fraction of sp³-hybridized carbons (Fsp3) is 0.500. The van der Waals surface area contributed by atoms with Crippen molar-refractivity contribution >= 4 is 6.09 Å². The third-order valence-electron chi connectivity index (χ3n) is 3.93. The number of amides is 1. The molecule has 3 rings (SSSR count). The molecule has 2 heterocycles. The number of rotatable bonds is 1. The van der Waals surface area contributed by atoms with Crippen LogP contribution >= 0.6 is 0 Å². The van der Waals surface area contributed by atoms with Crippen molar-refractivity contribution in [2.45, 2.75) is 43.8 Å². The van der Waals surface area contributed by atoms with Gasteiger partial charge in [0, 0.05) is 18.1 Å². The van der Waals surface area contributed by atoms with Crippen molar-refractivity contribution in [3.05, 3.63) is 30.3 Å². The van der Waals surface area contributed by atoms with Crippen molar-refractivity contribution in [2.24, 2.45) is 5.73 Å². The molecule has 96 valence electrons. The molecule has 2 fully saturated rings. The second-order valence-corrected chi connectivity index (χ2v) is 5.20. The molecule has 2 bridgehead atoms. The summed E-state index contributed by atoms with van der Waals surface area (Å²) in [7, 11) is 0. The molecule has 0 aromatic heterocycles. The van der Waals surface area contributed by atoms with Gasteiger partial charge in [0.15, 0.2) is 0 Å². The van der Waals surface area contributed by atoms with E-state index in [0.29, 0.717) is 5.75 Å². The Morgan fingerprint density at radius 1 is 1.17 bits per heavy atom. The molecule has 1 aromatic rings. The zero-order valence-electron chi connectivity index (χ0n) is 10.3. The Morgan fingerprint density at radius 3 is 2.39 bits per heavy atom. The highest BCUT2D eigenvalue weighted by Crippen LogP contribution is 2.35. The first-order valence-corrected chi connectivity index (χ1v) is 6.55. The van der Waals surface area contributed by atoms with E-state index in [0.717, 1.165) is 25.7 Å². The predicted molar refractivity (Wildman–Crippen MR) is 68.3 cm³/mol. The minimum absolute atomic E-state index is 0.222. The molecule has 4 heteroatoms. The molecule has 2 saturated heterocycles. The molecule has 2 N–H and O–H groups in total. The number of benzene rings is 1. The molecule has 2 unspecified atom stereocenters. The lowest BCUT2D eigenvalue weighted by Gasteiger charge is -2.36. The van der Waals surface area contributed by atoms with Gasteiger partial charge in [-0.25, -0.2) is 4.79 Å². The lowest BCUT2D eigenvalue weighted by molar-refractivity contribution is 0.103. The predicted octanol–water partition coefficient (Wildman–Crippen LogP) is 2.14. The van der Waals surface area contributed by atoms with E-state index in [-0.39, 0.29) is 24.2 Å². The van der Waals surface area contributed by atoms with Crippen LogP contribution in [0.5, 0.6) is 5.75 Å². The zero-order valence-corrected chi connectivity index (χ0v) is 10.3. The van der Waals surface area contributed by atoms with Crippen LogP contribution in [0.4, 0.5) is 4.79 Å². The maximum absolute atomic E-state index is 12.2. The van der Waals surface area contributed by atoms with E-state index in [2.05, 4.69) is 0 Å². The van der Waals surface area contributed by atoms with Crippen molar-refractivity contribution in [3.63, 3.8) is 0 Å². The van der Waals surface area contributed by atoms with Gasteiger partial charge in [-0.2, -0.15) is 0 Å². The number of ether oxygens (including phenoxy) is 1. The Labute approximate surface area is 107 Å². The summed E-state index contributed by atoms with van der Waals surface area (Å²) in [6.07, 6.45) is 3.70. The molecule has 0 aliphatic carbocycles. The van der Waals surface area contributed by atoms with E-state index < -0.39 is 0 Å². The number of carbonyl (C=O) groups excluding carboxylic acids is 1. The summed E-state index contributed by atoms with van der Waals surface area (Å²) < 4.78 is 5.42. The SMILES string of the molecule is NC1CC2CCC(C1)N2C(=O)Oc1ccccc1. The summed E-state index contributed by atoms with van der Waals surface area (Å²) in [6.45, 7) is 0. The van der Waals surface area contributed by atoms with Crippen LogP contribution in [0.1, 0.15) is 25.7 Å². The van der Waals surface area contributed by atoms with Crippen LogP contribution < -0.4 is 10.5 Å². The lowest BCUT2D eigenvalue weighted by atomic mass is 9.99. The second kappa shape index (κ2) is 4.61. The van der Waals surface area contributed by atoms with Gasteiger partial charge < -0.3 is 15.4 Å². The van der Waals surface area contributed by atoms with Crippen molar-refractivity contribution in [2.75, 3.05) is 0 Å². The molecular formula is C14H18N2O2. The summed E-state index contributed by atoms with van der Waals surface area (Å²) in [5.41, 5.74) is 5.99. The summed E-state index contributed by atoms with van der Waals surface area (Å²) in [4.78, 5) is 14.1. The normalized spacial score (nSPS) is 30.3. The van der Waals surface area contributed by atoms with E-state index in [1.807, 2.05) is 23.1 Å². The average molecular weight is 246 g/mol. The van der Waals surface area contributed by atoms with Gasteiger partial charge >= 0.3 is 6.09 Å². The van der Waals surface area contributed by atoms with Crippen LogP contribution in [0.25, 0.3) is 0 Å². The van der Waals surface area contributed by atoms with Gasteiger partial charge in [0.1, 0.15) is 5.75 Å². The van der Waals surface area contributed by atoms with E-state index in [4.69, 9.17) is 10.5 Å². The molecule has 0 radical (unpaired) electrons. The first-order chi connectivity index (χ1) is 8.74. The Hall–Kier alpha value is -1.55. The number of hydrogen-bond acceptors (Lipinski definition) is 3. The molecule has 0 saturated carbocycles. The molecular weight excluding hydrogens is 228 g/mol. The maximum Gasteiger partial charge on any atom is 0.415 e. The number of nitrogens with two attached hydrogens (primary N) is 1. The number of carbonyl (C=O) groups is 1. The lowest BCUT2D eigenvalue weighted by Crippen LogP contribution is -2.51. The van der Waals surface area contributed by atoms with E-state index in [1.165, 1.54) is 0 Å². The van der Waals surface area contributed by atoms with Crippen molar-refractivity contribution in [1.29, 1.82) is 0 Å². The van der Waals surface area contributed by atoms with E-state index in [9.17, 15) is 4.79 Å². The zero-order chi connectivity index (χ0) is 12.5. The van der Waals surface area contributed by atoms with Crippen molar-refractivity contribution in [1.82, 2.24) is 4.90 Å². The summed E-state index contributed by atoms with van der Waals surface area (Å²) >= 11 is 0. The molecule has 1 amide bonds. The highest BCUT2D eigenvalue weighted by molar-refractivity contribution is 5.72. The van der Waals surface area contributed by atoms with Gasteiger partial charge in [0.2, 0.25) is 0 Å². The highest BCUT2D eigenvalue weighted by atomic mass is 16.6. The molecule has 2 aliphatic heterocycles. The molecule has 2 aliphatic rings. The first kappa shape index (κ1) is 11.5. The molecule has 1 aromatic carbocycles. The van der Waals surface area contributed by atoms with Crippen LogP contribution in [0.3, 0.4) is 0 Å². The minimum atomic E-state index is -0.222. The van der Waals surface area contributed by atoms with E-state index in [1.54, 1.807) is 12.1 Å². The number of nitrogens with zero attached hydrogens (tertiary/aromatic N) is 1. The van der Waals surface area contributed by atoms with Crippen LogP contribution in [-0.2, 0) is 0 Å². The molecule has 18 heavy (non-hydrogen) atoms. The van der Waals surface area contributed by atoms with Gasteiger partial charge in [0.25, 0.3) is 0 Å². The Morgan fingerprint density at radius 2 is 1.78 bits per heavy atom. The summed E-state index contributed by atoms with van der Waals surface area (Å²) in [5.74, 6) is 0.608. The largest absolute Gasteiger partial charge is 0.415 e. The summed E-state index contributed by atoms with van der Waals surface area (Å²) in [6, 6.07) is 10.0. The topological polar surface area (TPSA) is 55.6 Å². The van der Waals surface area contributed by atoms with Gasteiger partial charge in [-0.15, -0.1) is 0 Å². The standard InChI is InChI=1S/C14H18N2O2/c15-10-8-11-6-7-12(9-10)16(11)14(17)18-13-4-2-1-3-5-13/h1-5,10-12H,6-9,15H2. The van der Waals surface area contributed by atoms with Crippen LogP contribution in [-0.4, -0.2) is 29.1 Å². The number of hydrogen-bond donors (Lipinski definition) is 1. The van der Waals surface area contributed by atoms with Crippen LogP contribution in [0.15, 0.2) is 30.3 Å². The Kier molecular flexibility index (Phi) is 2.96. The number of piperidine rings is 1. The third-order valence-corrected chi connectivity index (χ3v) is 3.93. The first-order valence-electron chi connectivity index (χ1n) is 6.55. The highest BCUT2D eigenvalue weighted by Gasteiger charge is 2.43. The molecule has 2 atom stereocenters. The van der Waals surface area contributed by atoms with Gasteiger partial charge in [-0.3, -0.25) is 0 Å². The average Bonchev–Trinajstić information content (AvgIpc) is 2.63. The Balaban J connectivity index is 1.70. The molecule has 0 spiro atoms. The van der Waals surface area contributed by atoms with Gasteiger partial charge in [0.05, 0.1) is 0 Å². The smallest absolute Gasteiger partial charge is 0.410 e. The number of para-hydroxylation sites is 1. The van der Waals surface area contributed by atoms with E-state index >= 15 is 0 Å². The fourth-order valence-electron chi connectivity index (χ4n) is 3.16. The van der Waals surface area contributed by atoms with Crippen LogP contribution in [0, 0.1) is 0 Å². The van der Waals surface area contributed by atoms with Gasteiger partial charge in [-0.1, -0.05) is 18.2 Å². The quantitative estimate of drug-likeness (QED) is 0.826. The monoisotopic (exact) mass is 246 g/mol. The second-order valence-electron chi connectivity index (χ2n) is 5.20. The van der Waals surface area contributed by atoms with Crippen molar-refractivity contribution < 1.29 is 9.53 Å². The summed E-state index contributed by atoms with van der Waals surface area (Å²) in [5, 5.41) is 0.